The molecule has 3 rings (SSSR count). The summed E-state index contributed by atoms with van der Waals surface area (Å²) in [5.74, 6) is -1.20. The predicted octanol–water partition coefficient (Wildman–Crippen LogP) is 3.50. The van der Waals surface area contributed by atoms with E-state index in [1.807, 2.05) is 12.3 Å². The van der Waals surface area contributed by atoms with Gasteiger partial charge in [-0.25, -0.2) is 4.79 Å². The van der Waals surface area contributed by atoms with Gasteiger partial charge in [-0.1, -0.05) is 23.7 Å². The fraction of sp³-hybridized carbons (Fsp3) is 0.316. The lowest BCUT2D eigenvalue weighted by atomic mass is 10.2. The van der Waals surface area contributed by atoms with E-state index in [-0.39, 0.29) is 5.91 Å². The van der Waals surface area contributed by atoms with Crippen molar-refractivity contribution in [2.45, 2.75) is 25.8 Å². The van der Waals surface area contributed by atoms with Crippen LogP contribution in [0.1, 0.15) is 28.1 Å². The number of hydrogen-bond acceptors (Lipinski definition) is 5. The van der Waals surface area contributed by atoms with E-state index in [2.05, 4.69) is 5.32 Å². The highest BCUT2D eigenvalue weighted by molar-refractivity contribution is 7.12. The van der Waals surface area contributed by atoms with Crippen molar-refractivity contribution in [3.8, 4) is 0 Å². The summed E-state index contributed by atoms with van der Waals surface area (Å²) in [6.07, 6.45) is 1.26. The Bertz CT molecular complexity index is 853. The second-order valence-electron chi connectivity index (χ2n) is 6.25. The molecule has 0 bridgehead atoms. The molecule has 1 aliphatic heterocycles. The standard InChI is InChI=1S/C19H19ClN2O4S/c1-12-6-7-13(10-14(12)20)21-17(23)11-26-19(25)15-4-2-8-22(15)18(24)16-5-3-9-27-16/h3,5-7,9-10,15H,2,4,8,11H2,1H3,(H,21,23)/t15-/m0/s1. The summed E-state index contributed by atoms with van der Waals surface area (Å²) < 4.78 is 5.14. The van der Waals surface area contributed by atoms with Gasteiger partial charge in [-0.3, -0.25) is 9.59 Å². The number of rotatable bonds is 5. The van der Waals surface area contributed by atoms with E-state index in [1.54, 1.807) is 30.3 Å². The molecule has 2 aromatic rings. The molecule has 0 radical (unpaired) electrons. The highest BCUT2D eigenvalue weighted by atomic mass is 35.5. The van der Waals surface area contributed by atoms with E-state index in [0.29, 0.717) is 28.6 Å². The monoisotopic (exact) mass is 406 g/mol. The van der Waals surface area contributed by atoms with Crippen molar-refractivity contribution in [1.82, 2.24) is 4.90 Å². The van der Waals surface area contributed by atoms with Crippen molar-refractivity contribution in [3.63, 3.8) is 0 Å². The van der Waals surface area contributed by atoms with Crippen molar-refractivity contribution in [2.75, 3.05) is 18.5 Å². The molecule has 1 aliphatic rings. The van der Waals surface area contributed by atoms with Crippen molar-refractivity contribution in [1.29, 1.82) is 0 Å². The molecule has 2 amide bonds. The van der Waals surface area contributed by atoms with E-state index in [0.717, 1.165) is 12.0 Å². The van der Waals surface area contributed by atoms with Gasteiger partial charge in [0.25, 0.3) is 11.8 Å². The van der Waals surface area contributed by atoms with Crippen LogP contribution in [0.5, 0.6) is 0 Å². The zero-order valence-electron chi connectivity index (χ0n) is 14.7. The van der Waals surface area contributed by atoms with Crippen LogP contribution in [0.25, 0.3) is 0 Å². The number of halogens is 1. The first-order valence-electron chi connectivity index (χ1n) is 8.53. The van der Waals surface area contributed by atoms with Gasteiger partial charge >= 0.3 is 5.97 Å². The summed E-state index contributed by atoms with van der Waals surface area (Å²) in [5, 5.41) is 4.99. The molecule has 1 aromatic carbocycles. The van der Waals surface area contributed by atoms with Crippen LogP contribution in [0.15, 0.2) is 35.7 Å². The van der Waals surface area contributed by atoms with Crippen LogP contribution >= 0.6 is 22.9 Å². The average Bonchev–Trinajstić information content (AvgIpc) is 3.34. The minimum Gasteiger partial charge on any atom is -0.454 e. The third-order valence-corrected chi connectivity index (χ3v) is 5.58. The number of aryl methyl sites for hydroxylation is 1. The maximum absolute atomic E-state index is 12.5. The van der Waals surface area contributed by atoms with Gasteiger partial charge in [0.05, 0.1) is 4.88 Å². The molecular formula is C19H19ClN2O4S. The Labute approximate surface area is 166 Å². The zero-order chi connectivity index (χ0) is 19.4. The molecule has 142 valence electrons. The van der Waals surface area contributed by atoms with Crippen LogP contribution < -0.4 is 5.32 Å². The van der Waals surface area contributed by atoms with E-state index < -0.39 is 24.5 Å². The molecule has 0 saturated carbocycles. The molecule has 8 heteroatoms. The Kier molecular flexibility index (Phi) is 6.13. The number of thiophene rings is 1. The average molecular weight is 407 g/mol. The Morgan fingerprint density at radius 3 is 2.85 bits per heavy atom. The molecule has 1 aromatic heterocycles. The second-order valence-corrected chi connectivity index (χ2v) is 7.61. The molecule has 0 unspecified atom stereocenters. The Morgan fingerprint density at radius 1 is 1.33 bits per heavy atom. The first-order chi connectivity index (χ1) is 13.0. The fourth-order valence-corrected chi connectivity index (χ4v) is 3.76. The molecule has 27 heavy (non-hydrogen) atoms. The van der Waals surface area contributed by atoms with Gasteiger partial charge in [0.15, 0.2) is 6.61 Å². The number of ether oxygens (including phenoxy) is 1. The lowest BCUT2D eigenvalue weighted by molar-refractivity contribution is -0.151. The van der Waals surface area contributed by atoms with Crippen molar-refractivity contribution < 1.29 is 19.1 Å². The van der Waals surface area contributed by atoms with E-state index >= 15 is 0 Å². The number of esters is 1. The minimum atomic E-state index is -0.652. The first kappa shape index (κ1) is 19.4. The van der Waals surface area contributed by atoms with Crippen LogP contribution in [0.2, 0.25) is 5.02 Å². The Hall–Kier alpha value is -2.38. The fourth-order valence-electron chi connectivity index (χ4n) is 2.90. The molecule has 1 atom stereocenters. The number of nitrogens with zero attached hydrogens (tertiary/aromatic N) is 1. The molecule has 1 fully saturated rings. The van der Waals surface area contributed by atoms with Crippen molar-refractivity contribution in [2.24, 2.45) is 0 Å². The number of anilines is 1. The van der Waals surface area contributed by atoms with E-state index in [9.17, 15) is 14.4 Å². The van der Waals surface area contributed by atoms with Gasteiger partial charge in [-0.15, -0.1) is 11.3 Å². The third-order valence-electron chi connectivity index (χ3n) is 4.32. The summed E-state index contributed by atoms with van der Waals surface area (Å²) in [6.45, 7) is 1.95. The van der Waals surface area contributed by atoms with Gasteiger partial charge in [0.2, 0.25) is 0 Å². The predicted molar refractivity (Wildman–Crippen MR) is 104 cm³/mol. The van der Waals surface area contributed by atoms with Crippen molar-refractivity contribution >= 4 is 46.4 Å². The van der Waals surface area contributed by atoms with Crippen molar-refractivity contribution in [3.05, 3.63) is 51.2 Å². The summed E-state index contributed by atoms with van der Waals surface area (Å²) in [6, 6.07) is 8.02. The number of carbonyl (C=O) groups is 3. The van der Waals surface area contributed by atoms with E-state index in [4.69, 9.17) is 16.3 Å². The minimum absolute atomic E-state index is 0.178. The molecule has 1 N–H and O–H groups in total. The number of hydrogen-bond donors (Lipinski definition) is 1. The maximum atomic E-state index is 12.5. The van der Waals surface area contributed by atoms with Crippen LogP contribution in [0.4, 0.5) is 5.69 Å². The number of likely N-dealkylation sites (tertiary alicyclic amines) is 1. The SMILES string of the molecule is Cc1ccc(NC(=O)COC(=O)[C@@H]2CCCN2C(=O)c2cccs2)cc1Cl. The molecule has 1 saturated heterocycles. The topological polar surface area (TPSA) is 75.7 Å². The second kappa shape index (κ2) is 8.54. The van der Waals surface area contributed by atoms with Crippen LogP contribution in [0.3, 0.4) is 0 Å². The van der Waals surface area contributed by atoms with Crippen LogP contribution in [-0.2, 0) is 14.3 Å². The van der Waals surface area contributed by atoms with E-state index in [1.165, 1.54) is 16.2 Å². The largest absolute Gasteiger partial charge is 0.454 e. The lowest BCUT2D eigenvalue weighted by Gasteiger charge is -2.22. The molecular weight excluding hydrogens is 388 g/mol. The number of amides is 2. The third kappa shape index (κ3) is 4.67. The van der Waals surface area contributed by atoms with Crippen LogP contribution in [0, 0.1) is 6.92 Å². The van der Waals surface area contributed by atoms with Gasteiger partial charge in [0, 0.05) is 17.3 Å². The molecule has 6 nitrogen and oxygen atoms in total. The molecule has 0 aliphatic carbocycles. The quantitative estimate of drug-likeness (QED) is 0.771. The number of carbonyl (C=O) groups excluding carboxylic acids is 3. The normalized spacial score (nSPS) is 16.2. The Morgan fingerprint density at radius 2 is 2.15 bits per heavy atom. The molecule has 0 spiro atoms. The lowest BCUT2D eigenvalue weighted by Crippen LogP contribution is -2.41. The smallest absolute Gasteiger partial charge is 0.329 e. The number of nitrogens with one attached hydrogen (secondary N) is 1. The number of benzene rings is 1. The summed E-state index contributed by atoms with van der Waals surface area (Å²) in [5.41, 5.74) is 1.43. The Balaban J connectivity index is 1.54. The maximum Gasteiger partial charge on any atom is 0.329 e. The zero-order valence-corrected chi connectivity index (χ0v) is 16.3. The van der Waals surface area contributed by atoms with Gasteiger partial charge in [-0.05, 0) is 48.9 Å². The van der Waals surface area contributed by atoms with Gasteiger partial charge in [0.1, 0.15) is 6.04 Å². The summed E-state index contributed by atoms with van der Waals surface area (Å²) in [7, 11) is 0. The highest BCUT2D eigenvalue weighted by Gasteiger charge is 2.36. The highest BCUT2D eigenvalue weighted by Crippen LogP contribution is 2.23. The van der Waals surface area contributed by atoms with Gasteiger partial charge in [-0.2, -0.15) is 0 Å². The molecule has 2 heterocycles. The van der Waals surface area contributed by atoms with Gasteiger partial charge < -0.3 is 15.0 Å². The summed E-state index contributed by atoms with van der Waals surface area (Å²) >= 11 is 7.36. The summed E-state index contributed by atoms with van der Waals surface area (Å²) in [4.78, 5) is 39.0. The van der Waals surface area contributed by atoms with Crippen LogP contribution in [-0.4, -0.2) is 41.9 Å². The first-order valence-corrected chi connectivity index (χ1v) is 9.78.